The number of allylic oxidation sites excluding steroid dienone is 2. The van der Waals surface area contributed by atoms with Gasteiger partial charge in [-0.25, -0.2) is 0 Å². The van der Waals surface area contributed by atoms with Crippen LogP contribution in [0, 0.1) is 0 Å². The summed E-state index contributed by atoms with van der Waals surface area (Å²) in [5.41, 5.74) is 0. The summed E-state index contributed by atoms with van der Waals surface area (Å²) < 4.78 is 5.49. The first-order valence-electron chi connectivity index (χ1n) is 31.9. The molecule has 1 amide bonds. The van der Waals surface area contributed by atoms with Crippen molar-refractivity contribution in [3.05, 3.63) is 12.2 Å². The van der Waals surface area contributed by atoms with Crippen molar-refractivity contribution in [2.45, 2.75) is 373 Å². The molecule has 416 valence electrons. The molecule has 6 heteroatoms. The van der Waals surface area contributed by atoms with Crippen LogP contribution in [0.5, 0.6) is 0 Å². The lowest BCUT2D eigenvalue weighted by Crippen LogP contribution is -2.45. The molecule has 0 fully saturated rings. The quantitative estimate of drug-likeness (QED) is 0.0321. The van der Waals surface area contributed by atoms with E-state index >= 15 is 0 Å². The fraction of sp³-hybridized carbons (Fsp3) is 0.938. The van der Waals surface area contributed by atoms with Gasteiger partial charge in [0.25, 0.3) is 0 Å². The summed E-state index contributed by atoms with van der Waals surface area (Å²) in [5.74, 6) is -0.0166. The van der Waals surface area contributed by atoms with Crippen LogP contribution in [-0.4, -0.2) is 47.4 Å². The maximum Gasteiger partial charge on any atom is 0.305 e. The molecule has 0 heterocycles. The zero-order valence-electron chi connectivity index (χ0n) is 47.5. The van der Waals surface area contributed by atoms with Gasteiger partial charge in [-0.15, -0.1) is 0 Å². The van der Waals surface area contributed by atoms with E-state index in [0.29, 0.717) is 25.9 Å². The lowest BCUT2D eigenvalue weighted by Gasteiger charge is -2.22. The molecule has 0 aromatic carbocycles. The maximum atomic E-state index is 12.5. The lowest BCUT2D eigenvalue weighted by molar-refractivity contribution is -0.143. The number of carbonyl (C=O) groups is 2. The average Bonchev–Trinajstić information content (AvgIpc) is 3.36. The van der Waals surface area contributed by atoms with Crippen molar-refractivity contribution in [3.8, 4) is 0 Å². The number of hydrogen-bond acceptors (Lipinski definition) is 5. The summed E-state index contributed by atoms with van der Waals surface area (Å²) in [6, 6.07) is -0.540. The number of rotatable bonds is 60. The number of nitrogens with one attached hydrogen (secondary N) is 1. The Kier molecular flexibility index (Phi) is 59.0. The van der Waals surface area contributed by atoms with Gasteiger partial charge in [-0.2, -0.15) is 0 Å². The molecule has 0 bridgehead atoms. The van der Waals surface area contributed by atoms with Crippen molar-refractivity contribution in [1.82, 2.24) is 5.32 Å². The molecule has 2 unspecified atom stereocenters. The predicted molar refractivity (Wildman–Crippen MR) is 306 cm³/mol. The molecule has 0 saturated carbocycles. The van der Waals surface area contributed by atoms with Crippen molar-refractivity contribution >= 4 is 11.9 Å². The number of hydrogen-bond donors (Lipinski definition) is 3. The van der Waals surface area contributed by atoms with Gasteiger partial charge in [0.2, 0.25) is 5.91 Å². The average molecular weight is 989 g/mol. The van der Waals surface area contributed by atoms with Gasteiger partial charge in [-0.05, 0) is 51.4 Å². The molecule has 0 rings (SSSR count). The molecule has 0 spiro atoms. The van der Waals surface area contributed by atoms with Crippen LogP contribution in [0.1, 0.15) is 361 Å². The van der Waals surface area contributed by atoms with Crippen molar-refractivity contribution in [3.63, 3.8) is 0 Å². The van der Waals surface area contributed by atoms with Crippen LogP contribution < -0.4 is 5.32 Å². The third-order valence-electron chi connectivity index (χ3n) is 15.1. The van der Waals surface area contributed by atoms with Crippen molar-refractivity contribution in [2.24, 2.45) is 0 Å². The third kappa shape index (κ3) is 55.9. The molecule has 2 atom stereocenters. The van der Waals surface area contributed by atoms with Crippen LogP contribution in [-0.2, 0) is 14.3 Å². The molecule has 0 aromatic rings. The van der Waals surface area contributed by atoms with Gasteiger partial charge >= 0.3 is 5.97 Å². The van der Waals surface area contributed by atoms with Crippen LogP contribution in [0.25, 0.3) is 0 Å². The molecule has 0 aliphatic rings. The Bertz CT molecular complexity index is 1050. The molecule has 3 N–H and O–H groups in total. The number of carbonyl (C=O) groups excluding carboxylic acids is 2. The molecule has 0 aliphatic heterocycles. The van der Waals surface area contributed by atoms with Crippen molar-refractivity contribution in [2.75, 3.05) is 13.2 Å². The van der Waals surface area contributed by atoms with E-state index in [1.54, 1.807) is 0 Å². The van der Waals surface area contributed by atoms with Gasteiger partial charge in [0.05, 0.1) is 25.4 Å². The van der Waals surface area contributed by atoms with Gasteiger partial charge in [-0.1, -0.05) is 309 Å². The summed E-state index contributed by atoms with van der Waals surface area (Å²) in [6.07, 6.45) is 72.4. The second-order valence-corrected chi connectivity index (χ2v) is 22.1. The van der Waals surface area contributed by atoms with Crippen LogP contribution in [0.3, 0.4) is 0 Å². The summed E-state index contributed by atoms with van der Waals surface area (Å²) in [5, 5.41) is 23.2. The largest absolute Gasteiger partial charge is 0.466 e. The second-order valence-electron chi connectivity index (χ2n) is 22.1. The minimum atomic E-state index is -0.663. The number of aliphatic hydroxyl groups is 2. The van der Waals surface area contributed by atoms with E-state index in [1.165, 1.54) is 289 Å². The van der Waals surface area contributed by atoms with E-state index < -0.39 is 12.1 Å². The fourth-order valence-electron chi connectivity index (χ4n) is 10.2. The number of esters is 1. The normalized spacial score (nSPS) is 12.6. The number of ether oxygens (including phenoxy) is 1. The first-order chi connectivity index (χ1) is 34.5. The summed E-state index contributed by atoms with van der Waals surface area (Å²) in [4.78, 5) is 24.5. The Morgan fingerprint density at radius 2 is 0.671 bits per heavy atom. The zero-order chi connectivity index (χ0) is 50.7. The van der Waals surface area contributed by atoms with E-state index in [0.717, 1.165) is 38.5 Å². The first-order valence-corrected chi connectivity index (χ1v) is 31.9. The standard InChI is InChI=1S/C64H125NO5/c1-3-5-7-9-11-13-15-17-34-38-42-46-50-54-58-64(69)70-59-55-51-47-43-39-35-32-30-28-26-24-22-20-18-19-21-23-25-27-29-31-33-37-41-45-49-53-57-63(68)65-61(60-66)62(67)56-52-48-44-40-36-16-14-12-10-8-6-4-2/h18-19,61-62,66-67H,3-17,20-60H2,1-2H3,(H,65,68)/b19-18-. The van der Waals surface area contributed by atoms with Gasteiger partial charge in [0.1, 0.15) is 0 Å². The van der Waals surface area contributed by atoms with Gasteiger partial charge in [-0.3, -0.25) is 9.59 Å². The Labute approximate surface area is 438 Å². The van der Waals surface area contributed by atoms with Gasteiger partial charge in [0.15, 0.2) is 0 Å². The van der Waals surface area contributed by atoms with Gasteiger partial charge < -0.3 is 20.3 Å². The number of aliphatic hydroxyl groups excluding tert-OH is 2. The van der Waals surface area contributed by atoms with Crippen LogP contribution in [0.2, 0.25) is 0 Å². The monoisotopic (exact) mass is 988 g/mol. The molecule has 0 aliphatic carbocycles. The summed E-state index contributed by atoms with van der Waals surface area (Å²) in [7, 11) is 0. The first kappa shape index (κ1) is 68.6. The third-order valence-corrected chi connectivity index (χ3v) is 15.1. The smallest absolute Gasteiger partial charge is 0.305 e. The van der Waals surface area contributed by atoms with E-state index in [4.69, 9.17) is 4.74 Å². The van der Waals surface area contributed by atoms with Crippen LogP contribution in [0.4, 0.5) is 0 Å². The molecular weight excluding hydrogens is 863 g/mol. The Balaban J connectivity index is 3.35. The van der Waals surface area contributed by atoms with Crippen LogP contribution in [0.15, 0.2) is 12.2 Å². The Morgan fingerprint density at radius 1 is 0.386 bits per heavy atom. The lowest BCUT2D eigenvalue weighted by atomic mass is 10.0. The number of amides is 1. The highest BCUT2D eigenvalue weighted by molar-refractivity contribution is 5.76. The summed E-state index contributed by atoms with van der Waals surface area (Å²) in [6.45, 7) is 4.97. The zero-order valence-corrected chi connectivity index (χ0v) is 47.5. The molecular formula is C64H125NO5. The second kappa shape index (κ2) is 60.2. The van der Waals surface area contributed by atoms with Crippen LogP contribution >= 0.6 is 0 Å². The highest BCUT2D eigenvalue weighted by Crippen LogP contribution is 2.18. The minimum absolute atomic E-state index is 0.0180. The molecule has 0 aromatic heterocycles. The van der Waals surface area contributed by atoms with Crippen molar-refractivity contribution < 1.29 is 24.5 Å². The minimum Gasteiger partial charge on any atom is -0.466 e. The van der Waals surface area contributed by atoms with E-state index in [1.807, 2.05) is 0 Å². The molecule has 6 nitrogen and oxygen atoms in total. The summed E-state index contributed by atoms with van der Waals surface area (Å²) >= 11 is 0. The SMILES string of the molecule is CCCCCCCCCCCCCCCCC(=O)OCCCCCCCCCCCCCC/C=C\CCCCCCCCCCCCCC(=O)NC(CO)C(O)CCCCCCCCCCCCCC. The Morgan fingerprint density at radius 3 is 1.01 bits per heavy atom. The Hall–Kier alpha value is -1.40. The van der Waals surface area contributed by atoms with Gasteiger partial charge in [0, 0.05) is 12.8 Å². The molecule has 70 heavy (non-hydrogen) atoms. The molecule has 0 radical (unpaired) electrons. The fourth-order valence-corrected chi connectivity index (χ4v) is 10.2. The highest BCUT2D eigenvalue weighted by Gasteiger charge is 2.20. The predicted octanol–water partition coefficient (Wildman–Crippen LogP) is 20.0. The van der Waals surface area contributed by atoms with E-state index in [-0.39, 0.29) is 18.5 Å². The molecule has 0 saturated heterocycles. The maximum absolute atomic E-state index is 12.5. The van der Waals surface area contributed by atoms with E-state index in [2.05, 4.69) is 31.3 Å². The highest BCUT2D eigenvalue weighted by atomic mass is 16.5. The topological polar surface area (TPSA) is 95.9 Å². The number of unbranched alkanes of at least 4 members (excludes halogenated alkanes) is 47. The van der Waals surface area contributed by atoms with Crippen molar-refractivity contribution in [1.29, 1.82) is 0 Å². The van der Waals surface area contributed by atoms with E-state index in [9.17, 15) is 19.8 Å².